The van der Waals surface area contributed by atoms with Gasteiger partial charge in [-0.3, -0.25) is 24.6 Å². The van der Waals surface area contributed by atoms with Crippen molar-refractivity contribution in [1.29, 1.82) is 0 Å². The molecule has 1 aromatic carbocycles. The number of amides is 2. The van der Waals surface area contributed by atoms with Crippen molar-refractivity contribution in [3.05, 3.63) is 40.5 Å². The number of nitro benzene ring substituents is 1. The molecule has 1 aliphatic heterocycles. The third-order valence-corrected chi connectivity index (χ3v) is 3.64. The first kappa shape index (κ1) is 18.9. The molecule has 0 spiro atoms. The Morgan fingerprint density at radius 2 is 2.23 bits per heavy atom. The number of carbonyl (C=O) groups excluding carboxylic acids is 2. The first-order valence-electron chi connectivity index (χ1n) is 7.68. The van der Waals surface area contributed by atoms with Crippen LogP contribution in [0.3, 0.4) is 0 Å². The third kappa shape index (κ3) is 4.35. The van der Waals surface area contributed by atoms with Crippen LogP contribution in [0.2, 0.25) is 0 Å². The summed E-state index contributed by atoms with van der Waals surface area (Å²) in [6.45, 7) is 0.923. The van der Waals surface area contributed by atoms with E-state index in [9.17, 15) is 24.5 Å². The van der Waals surface area contributed by atoms with Crippen molar-refractivity contribution in [2.75, 3.05) is 18.1 Å². The van der Waals surface area contributed by atoms with Gasteiger partial charge in [-0.05, 0) is 19.4 Å². The summed E-state index contributed by atoms with van der Waals surface area (Å²) in [7, 11) is 0. The van der Waals surface area contributed by atoms with E-state index in [1.807, 2.05) is 0 Å². The summed E-state index contributed by atoms with van der Waals surface area (Å²) in [4.78, 5) is 46.8. The lowest BCUT2D eigenvalue weighted by molar-refractivity contribution is -0.384. The minimum Gasteiger partial charge on any atom is -0.482 e. The molecule has 138 valence electrons. The molecule has 26 heavy (non-hydrogen) atoms. The number of carbonyl (C=O) groups is 3. The van der Waals surface area contributed by atoms with Crippen molar-refractivity contribution < 1.29 is 29.2 Å². The van der Waals surface area contributed by atoms with Gasteiger partial charge in [0.05, 0.1) is 10.6 Å². The van der Waals surface area contributed by atoms with E-state index in [0.29, 0.717) is 0 Å². The molecule has 0 aromatic heterocycles. The van der Waals surface area contributed by atoms with Crippen molar-refractivity contribution in [1.82, 2.24) is 5.32 Å². The number of carboxylic acid groups (broad SMARTS) is 1. The highest BCUT2D eigenvalue weighted by Gasteiger charge is 2.30. The van der Waals surface area contributed by atoms with Gasteiger partial charge in [0.25, 0.3) is 11.6 Å². The number of nitrogens with zero attached hydrogens (tertiary/aromatic N) is 2. The number of hydrogen-bond donors (Lipinski definition) is 2. The van der Waals surface area contributed by atoms with Crippen molar-refractivity contribution in [2.45, 2.75) is 19.4 Å². The fraction of sp³-hybridized carbons (Fsp3) is 0.312. The van der Waals surface area contributed by atoms with Crippen LogP contribution < -0.4 is 15.0 Å². The Morgan fingerprint density at radius 1 is 1.50 bits per heavy atom. The average molecular weight is 363 g/mol. The molecule has 10 heteroatoms. The number of fused-ring (bicyclic) bond motifs is 1. The highest BCUT2D eigenvalue weighted by molar-refractivity contribution is 6.02. The van der Waals surface area contributed by atoms with Crippen LogP contribution in [0.15, 0.2) is 30.4 Å². The molecule has 0 bridgehead atoms. The molecule has 1 aromatic rings. The number of hydrogen-bond acceptors (Lipinski definition) is 6. The lowest BCUT2D eigenvalue weighted by atomic mass is 10.2. The maximum atomic E-state index is 12.2. The second-order valence-corrected chi connectivity index (χ2v) is 5.44. The number of carboxylic acids is 1. The van der Waals surface area contributed by atoms with Crippen LogP contribution in [-0.4, -0.2) is 47.0 Å². The molecular formula is C16H17N3O7. The lowest BCUT2D eigenvalue weighted by Gasteiger charge is -2.29. The van der Waals surface area contributed by atoms with E-state index in [4.69, 9.17) is 9.84 Å². The Bertz CT molecular complexity index is 775. The number of ether oxygens (including phenoxy) is 1. The highest BCUT2D eigenvalue weighted by Crippen LogP contribution is 2.35. The average Bonchev–Trinajstić information content (AvgIpc) is 2.60. The van der Waals surface area contributed by atoms with Crippen LogP contribution in [0, 0.1) is 10.1 Å². The summed E-state index contributed by atoms with van der Waals surface area (Å²) < 4.78 is 5.21. The lowest BCUT2D eigenvalue weighted by Crippen LogP contribution is -2.49. The molecule has 0 aliphatic carbocycles. The smallest absolute Gasteiger partial charge is 0.326 e. The van der Waals surface area contributed by atoms with Crippen molar-refractivity contribution in [3.63, 3.8) is 0 Å². The number of anilines is 1. The van der Waals surface area contributed by atoms with Gasteiger partial charge >= 0.3 is 5.97 Å². The van der Waals surface area contributed by atoms with Gasteiger partial charge in [0.15, 0.2) is 6.61 Å². The fourth-order valence-corrected chi connectivity index (χ4v) is 2.35. The number of nitro groups is 1. The van der Waals surface area contributed by atoms with Crippen LogP contribution in [0.25, 0.3) is 0 Å². The van der Waals surface area contributed by atoms with Gasteiger partial charge < -0.3 is 15.2 Å². The highest BCUT2D eigenvalue weighted by atomic mass is 16.6. The van der Waals surface area contributed by atoms with Gasteiger partial charge in [-0.2, -0.15) is 0 Å². The zero-order chi connectivity index (χ0) is 19.3. The molecular weight excluding hydrogens is 346 g/mol. The topological polar surface area (TPSA) is 139 Å². The third-order valence-electron chi connectivity index (χ3n) is 3.64. The monoisotopic (exact) mass is 363 g/mol. The van der Waals surface area contributed by atoms with Gasteiger partial charge in [-0.15, -0.1) is 0 Å². The van der Waals surface area contributed by atoms with E-state index in [2.05, 4.69) is 5.32 Å². The molecule has 2 rings (SSSR count). The molecule has 0 saturated carbocycles. The van der Waals surface area contributed by atoms with Crippen molar-refractivity contribution >= 4 is 29.2 Å². The predicted octanol–water partition coefficient (Wildman–Crippen LogP) is 0.856. The summed E-state index contributed by atoms with van der Waals surface area (Å²) in [6, 6.07) is 2.56. The SMILES string of the molecule is C/C=C/CC(NC(=O)CN1C(=O)COc2ccc([N+](=O)[O-])cc21)C(=O)O. The number of rotatable bonds is 7. The summed E-state index contributed by atoms with van der Waals surface area (Å²) in [6.07, 6.45) is 3.34. The first-order valence-corrected chi connectivity index (χ1v) is 7.68. The predicted molar refractivity (Wildman–Crippen MR) is 89.9 cm³/mol. The summed E-state index contributed by atoms with van der Waals surface area (Å²) in [5.41, 5.74) is -0.171. The first-order chi connectivity index (χ1) is 12.3. The molecule has 0 radical (unpaired) electrons. The summed E-state index contributed by atoms with van der Waals surface area (Å²) in [5, 5.41) is 22.4. The standard InChI is InChI=1S/C16H17N3O7/c1-2-3-4-11(16(22)23)17-14(20)8-18-12-7-10(19(24)25)5-6-13(12)26-9-15(18)21/h2-3,5-7,11H,4,8-9H2,1H3,(H,17,20)(H,22,23)/b3-2+. The van der Waals surface area contributed by atoms with Gasteiger partial charge in [-0.25, -0.2) is 4.79 Å². The molecule has 0 fully saturated rings. The Balaban J connectivity index is 2.19. The molecule has 1 unspecified atom stereocenters. The van der Waals surface area contributed by atoms with E-state index in [1.165, 1.54) is 12.1 Å². The molecule has 1 heterocycles. The Kier molecular flexibility index (Phi) is 5.89. The number of nitrogens with one attached hydrogen (secondary N) is 1. The molecule has 2 amide bonds. The van der Waals surface area contributed by atoms with Crippen LogP contribution in [0.1, 0.15) is 13.3 Å². The minimum atomic E-state index is -1.21. The van der Waals surface area contributed by atoms with E-state index >= 15 is 0 Å². The van der Waals surface area contributed by atoms with E-state index < -0.39 is 35.3 Å². The van der Waals surface area contributed by atoms with E-state index in [-0.39, 0.29) is 30.2 Å². The van der Waals surface area contributed by atoms with Crippen LogP contribution in [0.5, 0.6) is 5.75 Å². The van der Waals surface area contributed by atoms with E-state index in [1.54, 1.807) is 19.1 Å². The second kappa shape index (κ2) is 8.10. The quantitative estimate of drug-likeness (QED) is 0.416. The van der Waals surface area contributed by atoms with Crippen molar-refractivity contribution in [3.8, 4) is 5.75 Å². The largest absolute Gasteiger partial charge is 0.482 e. The maximum absolute atomic E-state index is 12.2. The normalized spacial score (nSPS) is 14.5. The molecule has 0 saturated heterocycles. The molecule has 2 N–H and O–H groups in total. The van der Waals surface area contributed by atoms with Gasteiger partial charge in [0.1, 0.15) is 18.3 Å². The zero-order valence-electron chi connectivity index (χ0n) is 13.9. The molecule has 10 nitrogen and oxygen atoms in total. The number of aliphatic carboxylic acids is 1. The zero-order valence-corrected chi connectivity index (χ0v) is 13.9. The Hall–Kier alpha value is -3.43. The number of allylic oxidation sites excluding steroid dienone is 1. The summed E-state index contributed by atoms with van der Waals surface area (Å²) >= 11 is 0. The number of benzene rings is 1. The summed E-state index contributed by atoms with van der Waals surface area (Å²) in [5.74, 6) is -2.24. The van der Waals surface area contributed by atoms with Crippen LogP contribution in [-0.2, 0) is 14.4 Å². The van der Waals surface area contributed by atoms with E-state index in [0.717, 1.165) is 11.0 Å². The minimum absolute atomic E-state index is 0.0888. The van der Waals surface area contributed by atoms with Gasteiger partial charge in [0.2, 0.25) is 5.91 Å². The molecule has 1 atom stereocenters. The van der Waals surface area contributed by atoms with Gasteiger partial charge in [0, 0.05) is 12.1 Å². The number of non-ortho nitro benzene ring substituents is 1. The Morgan fingerprint density at radius 3 is 2.85 bits per heavy atom. The molecule has 1 aliphatic rings. The Labute approximate surface area is 148 Å². The van der Waals surface area contributed by atoms with Gasteiger partial charge in [-0.1, -0.05) is 12.2 Å². The second-order valence-electron chi connectivity index (χ2n) is 5.44. The van der Waals surface area contributed by atoms with Crippen molar-refractivity contribution in [2.24, 2.45) is 0 Å². The fourth-order valence-electron chi connectivity index (χ4n) is 2.35. The van der Waals surface area contributed by atoms with Crippen LogP contribution in [0.4, 0.5) is 11.4 Å². The van der Waals surface area contributed by atoms with Crippen LogP contribution >= 0.6 is 0 Å². The maximum Gasteiger partial charge on any atom is 0.326 e.